The van der Waals surface area contributed by atoms with Crippen molar-refractivity contribution in [2.75, 3.05) is 10.6 Å². The lowest BCUT2D eigenvalue weighted by Crippen LogP contribution is -2.32. The fourth-order valence-corrected chi connectivity index (χ4v) is 1.30. The van der Waals surface area contributed by atoms with Gasteiger partial charge < -0.3 is 16.4 Å². The maximum atomic E-state index is 13.1. The van der Waals surface area contributed by atoms with Crippen LogP contribution < -0.4 is 16.4 Å². The number of carbonyl (C=O) groups is 1. The lowest BCUT2D eigenvalue weighted by atomic mass is 10.2. The van der Waals surface area contributed by atoms with E-state index < -0.39 is 6.04 Å². The van der Waals surface area contributed by atoms with Crippen molar-refractivity contribution in [2.45, 2.75) is 32.9 Å². The lowest BCUT2D eigenvalue weighted by molar-refractivity contribution is -0.117. The molecule has 0 saturated heterocycles. The topological polar surface area (TPSA) is 67.1 Å². The fourth-order valence-electron chi connectivity index (χ4n) is 1.30. The molecule has 1 aromatic carbocycles. The van der Waals surface area contributed by atoms with Crippen LogP contribution in [0.1, 0.15) is 20.8 Å². The first-order valence-electron chi connectivity index (χ1n) is 5.52. The summed E-state index contributed by atoms with van der Waals surface area (Å²) in [5, 5.41) is 5.71. The zero-order valence-electron chi connectivity index (χ0n) is 10.3. The molecule has 0 radical (unpaired) electrons. The first kappa shape index (κ1) is 13.4. The van der Waals surface area contributed by atoms with E-state index >= 15 is 0 Å². The number of carbonyl (C=O) groups excluding carboxylic acids is 1. The van der Waals surface area contributed by atoms with Gasteiger partial charge >= 0.3 is 0 Å². The third kappa shape index (κ3) is 4.03. The molecule has 0 aromatic heterocycles. The molecule has 94 valence electrons. The molecule has 0 saturated carbocycles. The van der Waals surface area contributed by atoms with Crippen LogP contribution in [0.5, 0.6) is 0 Å². The quantitative estimate of drug-likeness (QED) is 0.752. The summed E-state index contributed by atoms with van der Waals surface area (Å²) in [6, 6.07) is 3.69. The van der Waals surface area contributed by atoms with Gasteiger partial charge in [0.2, 0.25) is 5.91 Å². The third-order valence-electron chi connectivity index (χ3n) is 2.10. The Bertz CT molecular complexity index is 405. The summed E-state index contributed by atoms with van der Waals surface area (Å²) in [5.74, 6) is -0.657. The van der Waals surface area contributed by atoms with Crippen LogP contribution in [0.15, 0.2) is 18.2 Å². The van der Waals surface area contributed by atoms with Crippen LogP contribution in [0.25, 0.3) is 0 Å². The van der Waals surface area contributed by atoms with E-state index in [1.54, 1.807) is 6.92 Å². The van der Waals surface area contributed by atoms with Crippen LogP contribution in [0.2, 0.25) is 0 Å². The van der Waals surface area contributed by atoms with Gasteiger partial charge in [0.1, 0.15) is 5.82 Å². The van der Waals surface area contributed by atoms with Crippen LogP contribution in [0.4, 0.5) is 15.8 Å². The van der Waals surface area contributed by atoms with E-state index in [0.717, 1.165) is 0 Å². The van der Waals surface area contributed by atoms with Gasteiger partial charge in [-0.25, -0.2) is 4.39 Å². The van der Waals surface area contributed by atoms with Crippen LogP contribution in [0.3, 0.4) is 0 Å². The molecule has 17 heavy (non-hydrogen) atoms. The fraction of sp³-hybridized carbons (Fsp3) is 0.417. The number of nitrogens with one attached hydrogen (secondary N) is 2. The molecule has 1 aromatic rings. The molecule has 4 nitrogen and oxygen atoms in total. The summed E-state index contributed by atoms with van der Waals surface area (Å²) >= 11 is 0. The Morgan fingerprint density at radius 1 is 1.29 bits per heavy atom. The summed E-state index contributed by atoms with van der Waals surface area (Å²) in [5.41, 5.74) is 6.54. The van der Waals surface area contributed by atoms with E-state index in [1.807, 2.05) is 13.8 Å². The zero-order valence-corrected chi connectivity index (χ0v) is 10.3. The molecule has 0 aliphatic heterocycles. The van der Waals surface area contributed by atoms with Gasteiger partial charge in [-0.05, 0) is 39.0 Å². The molecule has 0 aliphatic rings. The van der Waals surface area contributed by atoms with Gasteiger partial charge in [0.15, 0.2) is 0 Å². The second-order valence-electron chi connectivity index (χ2n) is 4.27. The summed E-state index contributed by atoms with van der Waals surface area (Å²) in [4.78, 5) is 11.5. The maximum Gasteiger partial charge on any atom is 0.241 e. The highest BCUT2D eigenvalue weighted by molar-refractivity contribution is 5.97. The van der Waals surface area contributed by atoms with Gasteiger partial charge in [-0.15, -0.1) is 0 Å². The first-order valence-corrected chi connectivity index (χ1v) is 5.52. The van der Waals surface area contributed by atoms with Crippen molar-refractivity contribution in [3.8, 4) is 0 Å². The monoisotopic (exact) mass is 239 g/mol. The van der Waals surface area contributed by atoms with Crippen molar-refractivity contribution in [3.05, 3.63) is 24.0 Å². The van der Waals surface area contributed by atoms with Gasteiger partial charge in [0.25, 0.3) is 0 Å². The zero-order chi connectivity index (χ0) is 13.0. The normalized spacial score (nSPS) is 12.4. The van der Waals surface area contributed by atoms with E-state index in [4.69, 9.17) is 5.73 Å². The summed E-state index contributed by atoms with van der Waals surface area (Å²) in [6.07, 6.45) is 0. The molecule has 0 spiro atoms. The molecule has 1 rings (SSSR count). The van der Waals surface area contributed by atoms with Gasteiger partial charge in [0.05, 0.1) is 17.4 Å². The van der Waals surface area contributed by atoms with Gasteiger partial charge in [-0.3, -0.25) is 4.79 Å². The molecule has 5 heteroatoms. The number of benzene rings is 1. The highest BCUT2D eigenvalue weighted by atomic mass is 19.1. The Morgan fingerprint density at radius 2 is 1.94 bits per heavy atom. The molecule has 4 N–H and O–H groups in total. The Labute approximate surface area is 100 Å². The van der Waals surface area contributed by atoms with Crippen molar-refractivity contribution >= 4 is 17.3 Å². The summed E-state index contributed by atoms with van der Waals surface area (Å²) < 4.78 is 13.1. The minimum Gasteiger partial charge on any atom is -0.381 e. The average Bonchev–Trinajstić information content (AvgIpc) is 2.20. The van der Waals surface area contributed by atoms with Crippen molar-refractivity contribution in [3.63, 3.8) is 0 Å². The Balaban J connectivity index is 2.93. The van der Waals surface area contributed by atoms with Crippen LogP contribution in [-0.2, 0) is 4.79 Å². The van der Waals surface area contributed by atoms with Crippen LogP contribution in [0, 0.1) is 5.82 Å². The molecular weight excluding hydrogens is 221 g/mol. The molecule has 1 amide bonds. The number of hydrogen-bond acceptors (Lipinski definition) is 3. The smallest absolute Gasteiger partial charge is 0.241 e. The predicted molar refractivity (Wildman–Crippen MR) is 67.4 cm³/mol. The van der Waals surface area contributed by atoms with Crippen molar-refractivity contribution in [2.24, 2.45) is 5.73 Å². The number of nitrogens with two attached hydrogens (primary N) is 1. The van der Waals surface area contributed by atoms with Crippen molar-refractivity contribution in [1.82, 2.24) is 0 Å². The molecule has 1 unspecified atom stereocenters. The van der Waals surface area contributed by atoms with E-state index in [0.29, 0.717) is 11.4 Å². The molecule has 0 bridgehead atoms. The van der Waals surface area contributed by atoms with Crippen molar-refractivity contribution in [1.29, 1.82) is 0 Å². The molecular formula is C12H18FN3O. The van der Waals surface area contributed by atoms with Gasteiger partial charge in [-0.2, -0.15) is 0 Å². The van der Waals surface area contributed by atoms with E-state index in [-0.39, 0.29) is 17.8 Å². The minimum atomic E-state index is -0.605. The molecule has 0 aliphatic carbocycles. The van der Waals surface area contributed by atoms with Gasteiger partial charge in [-0.1, -0.05) is 0 Å². The molecule has 0 fully saturated rings. The van der Waals surface area contributed by atoms with E-state index in [2.05, 4.69) is 10.6 Å². The molecule has 0 heterocycles. The number of halogens is 1. The molecule has 1 atom stereocenters. The van der Waals surface area contributed by atoms with Crippen LogP contribution >= 0.6 is 0 Å². The summed E-state index contributed by atoms with van der Waals surface area (Å²) in [7, 11) is 0. The number of amides is 1. The number of rotatable bonds is 4. The highest BCUT2D eigenvalue weighted by Crippen LogP contribution is 2.23. The van der Waals surface area contributed by atoms with Crippen LogP contribution in [-0.4, -0.2) is 18.0 Å². The van der Waals surface area contributed by atoms with E-state index in [9.17, 15) is 9.18 Å². The summed E-state index contributed by atoms with van der Waals surface area (Å²) in [6.45, 7) is 5.46. The average molecular weight is 239 g/mol. The maximum absolute atomic E-state index is 13.1. The highest BCUT2D eigenvalue weighted by Gasteiger charge is 2.11. The van der Waals surface area contributed by atoms with Crippen molar-refractivity contribution < 1.29 is 9.18 Å². The second-order valence-corrected chi connectivity index (χ2v) is 4.27. The second kappa shape index (κ2) is 5.63. The number of hydrogen-bond donors (Lipinski definition) is 3. The Morgan fingerprint density at radius 3 is 2.47 bits per heavy atom. The minimum absolute atomic E-state index is 0.141. The van der Waals surface area contributed by atoms with Gasteiger partial charge in [0, 0.05) is 6.04 Å². The number of anilines is 2. The third-order valence-corrected chi connectivity index (χ3v) is 2.10. The first-order chi connectivity index (χ1) is 7.90. The Kier molecular flexibility index (Phi) is 4.45. The standard InChI is InChI=1S/C12H18FN3O/c1-7(2)15-11-6-9(13)4-5-10(11)16-12(17)8(3)14/h4-8,15H,14H2,1-3H3,(H,16,17). The predicted octanol–water partition coefficient (Wildman–Crippen LogP) is 1.93. The lowest BCUT2D eigenvalue weighted by Gasteiger charge is -2.16. The largest absolute Gasteiger partial charge is 0.381 e. The SMILES string of the molecule is CC(C)Nc1cc(F)ccc1NC(=O)C(C)N. The Hall–Kier alpha value is -1.62. The van der Waals surface area contributed by atoms with E-state index in [1.165, 1.54) is 18.2 Å².